The van der Waals surface area contributed by atoms with Gasteiger partial charge in [-0.15, -0.1) is 0 Å². The van der Waals surface area contributed by atoms with E-state index in [1.807, 2.05) is 13.8 Å². The van der Waals surface area contributed by atoms with Gasteiger partial charge < -0.3 is 4.52 Å². The Morgan fingerprint density at radius 3 is 2.23 bits per heavy atom. The zero-order valence-corrected chi connectivity index (χ0v) is 8.85. The molecule has 0 amide bonds. The number of aryl methyl sites for hydroxylation is 2. The predicted octanol–water partition coefficient (Wildman–Crippen LogP) is 2.98. The molecule has 0 saturated heterocycles. The lowest BCUT2D eigenvalue weighted by atomic mass is 9.84. The molecule has 2 nitrogen and oxygen atoms in total. The average molecular weight is 179 g/mol. The fourth-order valence-electron chi connectivity index (χ4n) is 2.44. The summed E-state index contributed by atoms with van der Waals surface area (Å²) in [6, 6.07) is 0. The van der Waals surface area contributed by atoms with Crippen molar-refractivity contribution in [2.24, 2.45) is 5.92 Å². The molecule has 1 saturated carbocycles. The second-order valence-electron chi connectivity index (χ2n) is 4.51. The van der Waals surface area contributed by atoms with Crippen molar-refractivity contribution in [3.05, 3.63) is 17.0 Å². The molecule has 1 heterocycles. The fraction of sp³-hybridized carbons (Fsp3) is 0.727. The molecule has 0 unspecified atom stereocenters. The zero-order valence-electron chi connectivity index (χ0n) is 8.85. The van der Waals surface area contributed by atoms with Crippen LogP contribution in [0.1, 0.15) is 43.7 Å². The van der Waals surface area contributed by atoms with Crippen LogP contribution in [-0.4, -0.2) is 5.16 Å². The monoisotopic (exact) mass is 179 g/mol. The Morgan fingerprint density at radius 1 is 1.31 bits per heavy atom. The van der Waals surface area contributed by atoms with E-state index >= 15 is 0 Å². The number of hydrogen-bond donors (Lipinski definition) is 0. The molecule has 1 aromatic rings. The first-order valence-corrected chi connectivity index (χ1v) is 5.01. The van der Waals surface area contributed by atoms with Crippen LogP contribution in [0.25, 0.3) is 0 Å². The van der Waals surface area contributed by atoms with Crippen LogP contribution >= 0.6 is 0 Å². The van der Waals surface area contributed by atoms with E-state index in [0.29, 0.717) is 11.3 Å². The fourth-order valence-corrected chi connectivity index (χ4v) is 2.44. The Kier molecular flexibility index (Phi) is 1.76. The molecule has 0 bridgehead atoms. The maximum atomic E-state index is 5.22. The van der Waals surface area contributed by atoms with Crippen molar-refractivity contribution in [2.75, 3.05) is 0 Å². The van der Waals surface area contributed by atoms with Crippen molar-refractivity contribution in [1.82, 2.24) is 5.16 Å². The summed E-state index contributed by atoms with van der Waals surface area (Å²) in [6.07, 6.45) is 2.60. The van der Waals surface area contributed by atoms with Gasteiger partial charge in [-0.3, -0.25) is 0 Å². The topological polar surface area (TPSA) is 26.0 Å². The SMILES string of the molecule is Cc1noc(C)c1C1(C(C)C)CC1. The van der Waals surface area contributed by atoms with Crippen LogP contribution in [0.15, 0.2) is 4.52 Å². The van der Waals surface area contributed by atoms with Crippen LogP contribution in [0.5, 0.6) is 0 Å². The van der Waals surface area contributed by atoms with Crippen LogP contribution in [-0.2, 0) is 5.41 Å². The highest BCUT2D eigenvalue weighted by molar-refractivity contribution is 5.36. The van der Waals surface area contributed by atoms with Gasteiger partial charge >= 0.3 is 0 Å². The Labute approximate surface area is 79.3 Å². The molecule has 1 aliphatic rings. The summed E-state index contributed by atoms with van der Waals surface area (Å²) in [5.74, 6) is 1.72. The summed E-state index contributed by atoms with van der Waals surface area (Å²) in [5, 5.41) is 4.03. The van der Waals surface area contributed by atoms with Gasteiger partial charge in [-0.2, -0.15) is 0 Å². The van der Waals surface area contributed by atoms with E-state index in [1.165, 1.54) is 18.4 Å². The van der Waals surface area contributed by atoms with Gasteiger partial charge in [-0.1, -0.05) is 19.0 Å². The van der Waals surface area contributed by atoms with Gasteiger partial charge in [-0.25, -0.2) is 0 Å². The third-order valence-corrected chi connectivity index (χ3v) is 3.43. The lowest BCUT2D eigenvalue weighted by Gasteiger charge is -2.19. The molecule has 1 aromatic heterocycles. The first kappa shape index (κ1) is 8.79. The van der Waals surface area contributed by atoms with Crippen LogP contribution < -0.4 is 0 Å². The van der Waals surface area contributed by atoms with E-state index in [-0.39, 0.29) is 0 Å². The van der Waals surface area contributed by atoms with E-state index in [9.17, 15) is 0 Å². The quantitative estimate of drug-likeness (QED) is 0.697. The van der Waals surface area contributed by atoms with Gasteiger partial charge in [0, 0.05) is 11.0 Å². The average Bonchev–Trinajstić information content (AvgIpc) is 2.77. The predicted molar refractivity (Wildman–Crippen MR) is 51.7 cm³/mol. The number of hydrogen-bond acceptors (Lipinski definition) is 2. The van der Waals surface area contributed by atoms with Gasteiger partial charge in [0.15, 0.2) is 0 Å². The van der Waals surface area contributed by atoms with Crippen LogP contribution in [0.2, 0.25) is 0 Å². The van der Waals surface area contributed by atoms with Gasteiger partial charge in [-0.05, 0) is 32.6 Å². The van der Waals surface area contributed by atoms with Crippen molar-refractivity contribution in [1.29, 1.82) is 0 Å². The Bertz CT molecular complexity index is 301. The molecular weight excluding hydrogens is 162 g/mol. The summed E-state index contributed by atoms with van der Waals surface area (Å²) < 4.78 is 5.22. The van der Waals surface area contributed by atoms with Gasteiger partial charge in [0.05, 0.1) is 5.69 Å². The summed E-state index contributed by atoms with van der Waals surface area (Å²) in [4.78, 5) is 0. The molecule has 72 valence electrons. The van der Waals surface area contributed by atoms with Gasteiger partial charge in [0.25, 0.3) is 0 Å². The molecule has 0 atom stereocenters. The largest absolute Gasteiger partial charge is 0.361 e. The maximum Gasteiger partial charge on any atom is 0.137 e. The highest BCUT2D eigenvalue weighted by Gasteiger charge is 2.50. The van der Waals surface area contributed by atoms with Crippen molar-refractivity contribution < 1.29 is 4.52 Å². The maximum absolute atomic E-state index is 5.22. The number of aromatic nitrogens is 1. The van der Waals surface area contributed by atoms with E-state index < -0.39 is 0 Å². The molecular formula is C11H17NO. The standard InChI is InChI=1S/C11H17NO/c1-7(2)11(5-6-11)10-8(3)12-13-9(10)4/h7H,5-6H2,1-4H3. The van der Waals surface area contributed by atoms with Crippen LogP contribution in [0.4, 0.5) is 0 Å². The summed E-state index contributed by atoms with van der Waals surface area (Å²) in [6.45, 7) is 8.66. The minimum atomic E-state index is 0.397. The first-order valence-electron chi connectivity index (χ1n) is 5.01. The molecule has 0 aromatic carbocycles. The molecule has 1 aliphatic carbocycles. The Balaban J connectivity index is 2.45. The summed E-state index contributed by atoms with van der Waals surface area (Å²) in [7, 11) is 0. The molecule has 0 aliphatic heterocycles. The first-order chi connectivity index (χ1) is 6.08. The molecule has 1 fully saturated rings. The minimum absolute atomic E-state index is 0.397. The lowest BCUT2D eigenvalue weighted by Crippen LogP contribution is -2.16. The highest BCUT2D eigenvalue weighted by Crippen LogP contribution is 2.55. The van der Waals surface area contributed by atoms with E-state index in [2.05, 4.69) is 19.0 Å². The highest BCUT2D eigenvalue weighted by atomic mass is 16.5. The van der Waals surface area contributed by atoms with Crippen molar-refractivity contribution >= 4 is 0 Å². The smallest absolute Gasteiger partial charge is 0.137 e. The second-order valence-corrected chi connectivity index (χ2v) is 4.51. The molecule has 0 spiro atoms. The van der Waals surface area contributed by atoms with E-state index in [4.69, 9.17) is 4.52 Å². The number of nitrogens with zero attached hydrogens (tertiary/aromatic N) is 1. The molecule has 0 N–H and O–H groups in total. The second kappa shape index (κ2) is 2.60. The zero-order chi connectivity index (χ0) is 9.64. The van der Waals surface area contributed by atoms with Gasteiger partial charge in [0.2, 0.25) is 0 Å². The van der Waals surface area contributed by atoms with Gasteiger partial charge in [0.1, 0.15) is 5.76 Å². The third kappa shape index (κ3) is 1.11. The minimum Gasteiger partial charge on any atom is -0.361 e. The molecule has 2 heteroatoms. The van der Waals surface area contributed by atoms with E-state index in [1.54, 1.807) is 0 Å². The third-order valence-electron chi connectivity index (χ3n) is 3.43. The summed E-state index contributed by atoms with van der Waals surface area (Å²) >= 11 is 0. The molecule has 13 heavy (non-hydrogen) atoms. The molecule has 0 radical (unpaired) electrons. The van der Waals surface area contributed by atoms with Crippen molar-refractivity contribution in [3.8, 4) is 0 Å². The Hall–Kier alpha value is -0.790. The number of rotatable bonds is 2. The Morgan fingerprint density at radius 2 is 1.92 bits per heavy atom. The van der Waals surface area contributed by atoms with E-state index in [0.717, 1.165) is 11.5 Å². The van der Waals surface area contributed by atoms with Crippen molar-refractivity contribution in [3.63, 3.8) is 0 Å². The van der Waals surface area contributed by atoms with Crippen LogP contribution in [0.3, 0.4) is 0 Å². The summed E-state index contributed by atoms with van der Waals surface area (Å²) in [5.41, 5.74) is 2.86. The van der Waals surface area contributed by atoms with Crippen LogP contribution in [0, 0.1) is 19.8 Å². The lowest BCUT2D eigenvalue weighted by molar-refractivity contribution is 0.387. The van der Waals surface area contributed by atoms with Crippen molar-refractivity contribution in [2.45, 2.75) is 46.0 Å². The molecule has 2 rings (SSSR count). The normalized spacial score (nSPS) is 19.5.